The van der Waals surface area contributed by atoms with Crippen LogP contribution in [0.2, 0.25) is 0 Å². The molecule has 1 aliphatic heterocycles. The third-order valence-corrected chi connectivity index (χ3v) is 5.76. The van der Waals surface area contributed by atoms with E-state index >= 15 is 0 Å². The predicted molar refractivity (Wildman–Crippen MR) is 123 cm³/mol. The zero-order valence-corrected chi connectivity index (χ0v) is 18.7. The quantitative estimate of drug-likeness (QED) is 0.503. The number of hydrogen-bond donors (Lipinski definition) is 2. The van der Waals surface area contributed by atoms with E-state index in [-0.39, 0.29) is 12.3 Å². The fourth-order valence-electron chi connectivity index (χ4n) is 3.55. The molecule has 1 aromatic heterocycles. The van der Waals surface area contributed by atoms with Gasteiger partial charge in [-0.2, -0.15) is 5.10 Å². The first kappa shape index (κ1) is 21.1. The van der Waals surface area contributed by atoms with Crippen molar-refractivity contribution in [1.29, 1.82) is 0 Å². The first-order valence-corrected chi connectivity index (χ1v) is 10.9. The van der Waals surface area contributed by atoms with Gasteiger partial charge in [-0.05, 0) is 61.7 Å². The summed E-state index contributed by atoms with van der Waals surface area (Å²) in [6.45, 7) is 3.71. The van der Waals surface area contributed by atoms with E-state index in [9.17, 15) is 9.59 Å². The summed E-state index contributed by atoms with van der Waals surface area (Å²) >= 11 is 3.38. The zero-order chi connectivity index (χ0) is 21.8. The van der Waals surface area contributed by atoms with Crippen molar-refractivity contribution in [2.75, 3.05) is 29.9 Å². The molecule has 0 aliphatic carbocycles. The maximum atomic E-state index is 12.3. The number of hydrogen-bond acceptors (Lipinski definition) is 5. The van der Waals surface area contributed by atoms with E-state index in [0.717, 1.165) is 28.7 Å². The molecule has 7 nitrogen and oxygen atoms in total. The minimum Gasteiger partial charge on any atom is -0.451 e. The number of ether oxygens (including phenoxy) is 1. The molecule has 31 heavy (non-hydrogen) atoms. The molecule has 8 heteroatoms. The highest BCUT2D eigenvalue weighted by Gasteiger charge is 2.16. The Bertz CT molecular complexity index is 1090. The number of rotatable bonds is 6. The van der Waals surface area contributed by atoms with Crippen molar-refractivity contribution < 1.29 is 14.3 Å². The van der Waals surface area contributed by atoms with Gasteiger partial charge in [-0.3, -0.25) is 9.89 Å². The van der Waals surface area contributed by atoms with Gasteiger partial charge in [0.05, 0.1) is 5.69 Å². The number of carbonyl (C=O) groups is 2. The topological polar surface area (TPSA) is 87.3 Å². The molecule has 0 bridgehead atoms. The van der Waals surface area contributed by atoms with E-state index < -0.39 is 11.9 Å². The van der Waals surface area contributed by atoms with Crippen molar-refractivity contribution in [3.8, 4) is 11.3 Å². The number of aromatic nitrogens is 2. The Morgan fingerprint density at radius 1 is 1.13 bits per heavy atom. The van der Waals surface area contributed by atoms with E-state index in [1.807, 2.05) is 43.3 Å². The minimum absolute atomic E-state index is 0.192. The molecule has 1 saturated heterocycles. The minimum atomic E-state index is -0.632. The molecule has 1 fully saturated rings. The van der Waals surface area contributed by atoms with Crippen LogP contribution in [-0.4, -0.2) is 41.8 Å². The number of amides is 1. The molecule has 1 amide bonds. The lowest BCUT2D eigenvalue weighted by Crippen LogP contribution is -2.22. The number of anilines is 2. The van der Waals surface area contributed by atoms with Crippen molar-refractivity contribution in [1.82, 2.24) is 10.2 Å². The van der Waals surface area contributed by atoms with E-state index in [2.05, 4.69) is 42.4 Å². The Hall–Kier alpha value is -3.13. The van der Waals surface area contributed by atoms with Crippen LogP contribution in [0.5, 0.6) is 0 Å². The molecule has 3 aromatic rings. The van der Waals surface area contributed by atoms with Gasteiger partial charge in [0, 0.05) is 34.5 Å². The molecule has 1 aliphatic rings. The maximum Gasteiger partial charge on any atom is 0.356 e. The normalized spacial score (nSPS) is 13.3. The number of H-pyrrole nitrogens is 1. The largest absolute Gasteiger partial charge is 0.451 e. The number of nitrogens with zero attached hydrogens (tertiary/aromatic N) is 2. The van der Waals surface area contributed by atoms with Gasteiger partial charge in [0.1, 0.15) is 5.69 Å². The number of aromatic amines is 1. The van der Waals surface area contributed by atoms with Crippen LogP contribution < -0.4 is 10.2 Å². The molecule has 2 N–H and O–H groups in total. The molecular weight excluding hydrogens is 460 g/mol. The highest BCUT2D eigenvalue weighted by molar-refractivity contribution is 9.10. The fraction of sp³-hybridized carbons (Fsp3) is 0.261. The lowest BCUT2D eigenvalue weighted by atomic mass is 10.1. The summed E-state index contributed by atoms with van der Waals surface area (Å²) < 4.78 is 6.09. The molecular formula is C23H23BrN4O3. The number of benzene rings is 2. The zero-order valence-electron chi connectivity index (χ0n) is 17.2. The van der Waals surface area contributed by atoms with Gasteiger partial charge in [-0.25, -0.2) is 4.79 Å². The van der Waals surface area contributed by atoms with Crippen molar-refractivity contribution in [2.24, 2.45) is 0 Å². The highest BCUT2D eigenvalue weighted by atomic mass is 79.9. The van der Waals surface area contributed by atoms with Gasteiger partial charge in [0.15, 0.2) is 6.61 Å². The number of nitrogens with one attached hydrogen (secondary N) is 2. The SMILES string of the molecule is Cc1cc(N2CCCC2)ccc1NC(=O)COC(=O)c1cc(-c2ccc(Br)cc2)n[nH]1. The second-order valence-corrected chi connectivity index (χ2v) is 8.41. The van der Waals surface area contributed by atoms with Crippen LogP contribution in [0, 0.1) is 6.92 Å². The van der Waals surface area contributed by atoms with Gasteiger partial charge >= 0.3 is 5.97 Å². The number of esters is 1. The Kier molecular flexibility index (Phi) is 6.36. The highest BCUT2D eigenvalue weighted by Crippen LogP contribution is 2.25. The maximum absolute atomic E-state index is 12.3. The van der Waals surface area contributed by atoms with Gasteiger partial charge in [-0.1, -0.05) is 28.1 Å². The van der Waals surface area contributed by atoms with Crippen molar-refractivity contribution in [3.05, 3.63) is 64.3 Å². The summed E-state index contributed by atoms with van der Waals surface area (Å²) in [5, 5.41) is 9.61. The van der Waals surface area contributed by atoms with Crippen molar-refractivity contribution >= 4 is 39.2 Å². The molecule has 160 valence electrons. The van der Waals surface area contributed by atoms with Gasteiger partial charge in [0.25, 0.3) is 5.91 Å². The summed E-state index contributed by atoms with van der Waals surface area (Å²) in [5.41, 5.74) is 4.53. The van der Waals surface area contributed by atoms with E-state index in [1.54, 1.807) is 6.07 Å². The molecule has 4 rings (SSSR count). The first-order chi connectivity index (χ1) is 15.0. The standard InChI is InChI=1S/C23H23BrN4O3/c1-15-12-18(28-10-2-3-11-28)8-9-19(15)25-22(29)14-31-23(30)21-13-20(26-27-21)16-4-6-17(24)7-5-16/h4-9,12-13H,2-3,10-11,14H2,1H3,(H,25,29)(H,26,27). The van der Waals surface area contributed by atoms with E-state index in [0.29, 0.717) is 11.4 Å². The summed E-state index contributed by atoms with van der Waals surface area (Å²) in [6, 6.07) is 15.1. The van der Waals surface area contributed by atoms with Crippen LogP contribution in [0.15, 0.2) is 53.0 Å². The van der Waals surface area contributed by atoms with Gasteiger partial charge in [-0.15, -0.1) is 0 Å². The molecule has 2 aromatic carbocycles. The van der Waals surface area contributed by atoms with Crippen LogP contribution in [0.25, 0.3) is 11.3 Å². The summed E-state index contributed by atoms with van der Waals surface area (Å²) in [7, 11) is 0. The Labute approximate surface area is 188 Å². The average Bonchev–Trinajstić information content (AvgIpc) is 3.46. The Morgan fingerprint density at radius 2 is 1.87 bits per heavy atom. The lowest BCUT2D eigenvalue weighted by Gasteiger charge is -2.19. The number of aryl methyl sites for hydroxylation is 1. The molecule has 0 radical (unpaired) electrons. The second kappa shape index (κ2) is 9.34. The molecule has 0 atom stereocenters. The monoisotopic (exact) mass is 482 g/mol. The number of halogens is 1. The number of carbonyl (C=O) groups excluding carboxylic acids is 2. The summed E-state index contributed by atoms with van der Waals surface area (Å²) in [6.07, 6.45) is 2.42. The second-order valence-electron chi connectivity index (χ2n) is 7.49. The molecule has 0 unspecified atom stereocenters. The van der Waals surface area contributed by atoms with E-state index in [4.69, 9.17) is 4.74 Å². The smallest absolute Gasteiger partial charge is 0.356 e. The molecule has 2 heterocycles. The average molecular weight is 483 g/mol. The van der Waals surface area contributed by atoms with Gasteiger partial charge < -0.3 is 15.0 Å². The third kappa shape index (κ3) is 5.14. The fourth-order valence-corrected chi connectivity index (χ4v) is 3.81. The van der Waals surface area contributed by atoms with Crippen molar-refractivity contribution in [3.63, 3.8) is 0 Å². The van der Waals surface area contributed by atoms with Crippen LogP contribution in [-0.2, 0) is 9.53 Å². The van der Waals surface area contributed by atoms with Gasteiger partial charge in [0.2, 0.25) is 0 Å². The van der Waals surface area contributed by atoms with Crippen LogP contribution in [0.3, 0.4) is 0 Å². The predicted octanol–water partition coefficient (Wildman–Crippen LogP) is 4.54. The van der Waals surface area contributed by atoms with Crippen LogP contribution in [0.1, 0.15) is 28.9 Å². The van der Waals surface area contributed by atoms with Crippen molar-refractivity contribution in [2.45, 2.75) is 19.8 Å². The molecule has 0 spiro atoms. The summed E-state index contributed by atoms with van der Waals surface area (Å²) in [5.74, 6) is -1.02. The summed E-state index contributed by atoms with van der Waals surface area (Å²) in [4.78, 5) is 26.9. The lowest BCUT2D eigenvalue weighted by molar-refractivity contribution is -0.119. The first-order valence-electron chi connectivity index (χ1n) is 10.1. The van der Waals surface area contributed by atoms with Crippen LogP contribution >= 0.6 is 15.9 Å². The Balaban J connectivity index is 1.31. The third-order valence-electron chi connectivity index (χ3n) is 5.23. The van der Waals surface area contributed by atoms with Crippen LogP contribution in [0.4, 0.5) is 11.4 Å². The van der Waals surface area contributed by atoms with E-state index in [1.165, 1.54) is 18.5 Å². The Morgan fingerprint density at radius 3 is 2.58 bits per heavy atom. The molecule has 0 saturated carbocycles.